The predicted octanol–water partition coefficient (Wildman–Crippen LogP) is 0.844. The van der Waals surface area contributed by atoms with Crippen LogP contribution in [0.1, 0.15) is 24.0 Å². The van der Waals surface area contributed by atoms with E-state index in [2.05, 4.69) is 34.0 Å². The van der Waals surface area contributed by atoms with Gasteiger partial charge < -0.3 is 11.1 Å². The molecule has 0 radical (unpaired) electrons. The lowest BCUT2D eigenvalue weighted by atomic mass is 9.99. The second-order valence-corrected chi connectivity index (χ2v) is 5.08. The first kappa shape index (κ1) is 12.2. The van der Waals surface area contributed by atoms with Gasteiger partial charge in [-0.2, -0.15) is 5.10 Å². The molecule has 2 aliphatic rings. The van der Waals surface area contributed by atoms with E-state index in [1.807, 2.05) is 0 Å². The lowest BCUT2D eigenvalue weighted by Crippen LogP contribution is -2.31. The summed E-state index contributed by atoms with van der Waals surface area (Å²) in [6.45, 7) is 1.59. The fraction of sp³-hybridized carbons (Fsp3) is 0.429. The Morgan fingerprint density at radius 2 is 2.32 bits per heavy atom. The van der Waals surface area contributed by atoms with Crippen molar-refractivity contribution < 1.29 is 4.79 Å². The first-order chi connectivity index (χ1) is 9.28. The number of hydrazone groups is 1. The van der Waals surface area contributed by atoms with Gasteiger partial charge in [0.25, 0.3) is 0 Å². The number of fused-ring (bicyclic) bond motifs is 3. The Hall–Kier alpha value is -1.88. The van der Waals surface area contributed by atoms with Crippen LogP contribution < -0.4 is 16.5 Å². The summed E-state index contributed by atoms with van der Waals surface area (Å²) in [5, 5.41) is 7.56. The SMILES string of the molecule is NCCCNc1ccc2c(c1)CC1CC(=O)NN=C21. The van der Waals surface area contributed by atoms with Gasteiger partial charge in [-0.05, 0) is 37.1 Å². The quantitative estimate of drug-likeness (QED) is 0.700. The van der Waals surface area contributed by atoms with Gasteiger partial charge in [0, 0.05) is 30.1 Å². The van der Waals surface area contributed by atoms with Crippen LogP contribution in [0.4, 0.5) is 5.69 Å². The Morgan fingerprint density at radius 3 is 3.16 bits per heavy atom. The Balaban J connectivity index is 1.79. The summed E-state index contributed by atoms with van der Waals surface area (Å²) >= 11 is 0. The first-order valence-corrected chi connectivity index (χ1v) is 6.71. The van der Waals surface area contributed by atoms with Gasteiger partial charge >= 0.3 is 0 Å². The molecule has 1 aromatic carbocycles. The minimum atomic E-state index is 0.0165. The van der Waals surface area contributed by atoms with Gasteiger partial charge in [0.1, 0.15) is 0 Å². The molecule has 1 amide bonds. The van der Waals surface area contributed by atoms with Gasteiger partial charge in [-0.3, -0.25) is 4.79 Å². The summed E-state index contributed by atoms with van der Waals surface area (Å²) in [5.74, 6) is 0.269. The molecule has 5 nitrogen and oxygen atoms in total. The van der Waals surface area contributed by atoms with Crippen LogP contribution in [0.15, 0.2) is 23.3 Å². The molecule has 0 saturated carbocycles. The second kappa shape index (κ2) is 5.01. The van der Waals surface area contributed by atoms with Crippen LogP contribution in [-0.4, -0.2) is 24.7 Å². The summed E-state index contributed by atoms with van der Waals surface area (Å²) in [6.07, 6.45) is 2.42. The van der Waals surface area contributed by atoms with E-state index in [0.717, 1.165) is 30.8 Å². The van der Waals surface area contributed by atoms with Crippen LogP contribution in [-0.2, 0) is 11.2 Å². The fourth-order valence-electron chi connectivity index (χ4n) is 2.75. The van der Waals surface area contributed by atoms with Crippen molar-refractivity contribution in [3.63, 3.8) is 0 Å². The van der Waals surface area contributed by atoms with Crippen LogP contribution in [0.2, 0.25) is 0 Å². The van der Waals surface area contributed by atoms with Crippen LogP contribution >= 0.6 is 0 Å². The molecule has 4 N–H and O–H groups in total. The largest absolute Gasteiger partial charge is 0.385 e. The van der Waals surface area contributed by atoms with Crippen molar-refractivity contribution in [3.8, 4) is 0 Å². The average Bonchev–Trinajstić information content (AvgIpc) is 2.75. The second-order valence-electron chi connectivity index (χ2n) is 5.08. The van der Waals surface area contributed by atoms with Crippen molar-refractivity contribution in [2.75, 3.05) is 18.4 Å². The van der Waals surface area contributed by atoms with E-state index in [1.54, 1.807) is 0 Å². The molecular weight excluding hydrogens is 240 g/mol. The summed E-state index contributed by atoms with van der Waals surface area (Å²) in [6, 6.07) is 6.32. The van der Waals surface area contributed by atoms with Crippen molar-refractivity contribution in [3.05, 3.63) is 29.3 Å². The normalized spacial score (nSPS) is 20.4. The number of benzene rings is 1. The molecular formula is C14H18N4O. The highest BCUT2D eigenvalue weighted by molar-refractivity contribution is 6.09. The lowest BCUT2D eigenvalue weighted by Gasteiger charge is -2.15. The molecule has 100 valence electrons. The number of amides is 1. The minimum Gasteiger partial charge on any atom is -0.385 e. The van der Waals surface area contributed by atoms with Gasteiger partial charge in [-0.1, -0.05) is 6.07 Å². The summed E-state index contributed by atoms with van der Waals surface area (Å²) in [5.41, 5.74) is 12.6. The predicted molar refractivity (Wildman–Crippen MR) is 75.1 cm³/mol. The van der Waals surface area contributed by atoms with Crippen molar-refractivity contribution >= 4 is 17.3 Å². The Morgan fingerprint density at radius 1 is 1.42 bits per heavy atom. The number of carbonyl (C=O) groups is 1. The zero-order valence-corrected chi connectivity index (χ0v) is 10.8. The molecule has 5 heteroatoms. The van der Waals surface area contributed by atoms with Gasteiger partial charge in [0.15, 0.2) is 0 Å². The van der Waals surface area contributed by atoms with Gasteiger partial charge in [0.05, 0.1) is 5.71 Å². The summed E-state index contributed by atoms with van der Waals surface area (Å²) < 4.78 is 0. The van der Waals surface area contributed by atoms with E-state index in [9.17, 15) is 4.79 Å². The molecule has 0 fully saturated rings. The van der Waals surface area contributed by atoms with E-state index in [0.29, 0.717) is 13.0 Å². The Labute approximate surface area is 112 Å². The number of rotatable bonds is 4. The number of anilines is 1. The standard InChI is InChI=1S/C14H18N4O/c15-4-1-5-16-11-2-3-12-9(7-11)6-10-8-13(19)17-18-14(10)12/h2-3,7,10,16H,1,4-6,8,15H2,(H,17,19). The maximum absolute atomic E-state index is 11.4. The smallest absolute Gasteiger partial charge is 0.240 e. The highest BCUT2D eigenvalue weighted by Crippen LogP contribution is 2.32. The first-order valence-electron chi connectivity index (χ1n) is 6.71. The molecule has 1 atom stereocenters. The van der Waals surface area contributed by atoms with E-state index in [4.69, 9.17) is 5.73 Å². The highest BCUT2D eigenvalue weighted by Gasteiger charge is 2.33. The zero-order valence-electron chi connectivity index (χ0n) is 10.8. The van der Waals surface area contributed by atoms with Crippen LogP contribution in [0.25, 0.3) is 0 Å². The maximum Gasteiger partial charge on any atom is 0.240 e. The van der Waals surface area contributed by atoms with Crippen LogP contribution in [0, 0.1) is 5.92 Å². The van der Waals surface area contributed by atoms with Gasteiger partial charge in [0.2, 0.25) is 5.91 Å². The molecule has 1 aliphatic heterocycles. The number of nitrogens with zero attached hydrogens (tertiary/aromatic N) is 1. The van der Waals surface area contributed by atoms with Crippen molar-refractivity contribution in [2.45, 2.75) is 19.3 Å². The number of carbonyl (C=O) groups excluding carboxylic acids is 1. The topological polar surface area (TPSA) is 79.5 Å². The summed E-state index contributed by atoms with van der Waals surface area (Å²) in [4.78, 5) is 11.4. The highest BCUT2D eigenvalue weighted by atomic mass is 16.2. The maximum atomic E-state index is 11.4. The Bertz CT molecular complexity index is 538. The average molecular weight is 258 g/mol. The molecule has 1 heterocycles. The van der Waals surface area contributed by atoms with Crippen molar-refractivity contribution in [1.82, 2.24) is 5.43 Å². The molecule has 0 aromatic heterocycles. The monoisotopic (exact) mass is 258 g/mol. The van der Waals surface area contributed by atoms with E-state index in [-0.39, 0.29) is 11.8 Å². The molecule has 0 bridgehead atoms. The number of hydrogen-bond donors (Lipinski definition) is 3. The molecule has 1 aromatic rings. The molecule has 1 aliphatic carbocycles. The Kier molecular flexibility index (Phi) is 3.21. The molecule has 0 spiro atoms. The third-order valence-corrected chi connectivity index (χ3v) is 3.68. The summed E-state index contributed by atoms with van der Waals surface area (Å²) in [7, 11) is 0. The molecule has 1 unspecified atom stereocenters. The van der Waals surface area contributed by atoms with Crippen molar-refractivity contribution in [2.24, 2.45) is 16.8 Å². The number of hydrogen-bond acceptors (Lipinski definition) is 4. The minimum absolute atomic E-state index is 0.0165. The van der Waals surface area contributed by atoms with Gasteiger partial charge in [-0.15, -0.1) is 0 Å². The van der Waals surface area contributed by atoms with Gasteiger partial charge in [-0.25, -0.2) is 5.43 Å². The van der Waals surface area contributed by atoms with Crippen LogP contribution in [0.5, 0.6) is 0 Å². The molecule has 0 saturated heterocycles. The van der Waals surface area contributed by atoms with Crippen molar-refractivity contribution in [1.29, 1.82) is 0 Å². The van der Waals surface area contributed by atoms with E-state index in [1.165, 1.54) is 11.1 Å². The third-order valence-electron chi connectivity index (χ3n) is 3.68. The fourth-order valence-corrected chi connectivity index (χ4v) is 2.75. The third kappa shape index (κ3) is 2.33. The lowest BCUT2D eigenvalue weighted by molar-refractivity contribution is -0.121. The van der Waals surface area contributed by atoms with Crippen LogP contribution in [0.3, 0.4) is 0 Å². The molecule has 3 rings (SSSR count). The zero-order chi connectivity index (χ0) is 13.2. The molecule has 19 heavy (non-hydrogen) atoms. The van der Waals surface area contributed by atoms with E-state index < -0.39 is 0 Å². The number of nitrogens with one attached hydrogen (secondary N) is 2. The number of nitrogens with two attached hydrogens (primary N) is 1. The van der Waals surface area contributed by atoms with E-state index >= 15 is 0 Å².